The molecule has 0 spiro atoms. The summed E-state index contributed by atoms with van der Waals surface area (Å²) >= 11 is 0. The van der Waals surface area contributed by atoms with Crippen LogP contribution in [0.2, 0.25) is 0 Å². The summed E-state index contributed by atoms with van der Waals surface area (Å²) < 4.78 is 18.4. The van der Waals surface area contributed by atoms with Crippen LogP contribution in [0.4, 0.5) is 10.1 Å². The van der Waals surface area contributed by atoms with Crippen molar-refractivity contribution in [3.63, 3.8) is 0 Å². The van der Waals surface area contributed by atoms with Gasteiger partial charge in [-0.25, -0.2) is 4.39 Å². The molecular formula is C23H25FN2O4. The number of aryl methyl sites for hydroxylation is 1. The molecule has 1 aliphatic heterocycles. The van der Waals surface area contributed by atoms with Crippen LogP contribution in [-0.2, 0) is 14.3 Å². The molecule has 3 rings (SSSR count). The number of carbonyl (C=O) groups excluding carboxylic acids is 3. The Labute approximate surface area is 175 Å². The SMILES string of the molecule is Cc1cccc(NC(=O)[C@H](C)OC(=O)C2CCN(C(=O)c3ccc(F)cc3)CC2)c1. The summed E-state index contributed by atoms with van der Waals surface area (Å²) in [6, 6.07) is 12.8. The van der Waals surface area contributed by atoms with Gasteiger partial charge in [0.2, 0.25) is 0 Å². The summed E-state index contributed by atoms with van der Waals surface area (Å²) in [5.74, 6) is -1.77. The molecule has 1 atom stereocenters. The van der Waals surface area contributed by atoms with Crippen molar-refractivity contribution >= 4 is 23.5 Å². The summed E-state index contributed by atoms with van der Waals surface area (Å²) in [5.41, 5.74) is 2.08. The fraction of sp³-hybridized carbons (Fsp3) is 0.348. The Morgan fingerprint density at radius 1 is 1.10 bits per heavy atom. The molecule has 6 nitrogen and oxygen atoms in total. The molecule has 1 saturated heterocycles. The number of likely N-dealkylation sites (tertiary alicyclic amines) is 1. The second-order valence-corrected chi connectivity index (χ2v) is 7.51. The molecule has 0 saturated carbocycles. The lowest BCUT2D eigenvalue weighted by atomic mass is 9.96. The lowest BCUT2D eigenvalue weighted by molar-refractivity contribution is -0.158. The number of benzene rings is 2. The van der Waals surface area contributed by atoms with E-state index in [1.807, 2.05) is 25.1 Å². The molecular weight excluding hydrogens is 387 g/mol. The van der Waals surface area contributed by atoms with Gasteiger partial charge in [-0.3, -0.25) is 14.4 Å². The molecule has 2 amide bonds. The van der Waals surface area contributed by atoms with E-state index in [1.54, 1.807) is 11.0 Å². The molecule has 0 radical (unpaired) electrons. The van der Waals surface area contributed by atoms with Crippen molar-refractivity contribution in [2.75, 3.05) is 18.4 Å². The third-order valence-electron chi connectivity index (χ3n) is 5.15. The number of ether oxygens (including phenoxy) is 1. The number of amides is 2. The Morgan fingerprint density at radius 3 is 2.40 bits per heavy atom. The van der Waals surface area contributed by atoms with Gasteiger partial charge in [0, 0.05) is 24.3 Å². The first kappa shape index (κ1) is 21.5. The maximum atomic E-state index is 13.0. The Morgan fingerprint density at radius 2 is 1.77 bits per heavy atom. The molecule has 2 aromatic rings. The number of carbonyl (C=O) groups is 3. The second kappa shape index (κ2) is 9.52. The molecule has 0 unspecified atom stereocenters. The highest BCUT2D eigenvalue weighted by atomic mass is 19.1. The highest BCUT2D eigenvalue weighted by Crippen LogP contribution is 2.21. The van der Waals surface area contributed by atoms with Crippen molar-refractivity contribution in [1.29, 1.82) is 0 Å². The zero-order valence-corrected chi connectivity index (χ0v) is 17.1. The second-order valence-electron chi connectivity index (χ2n) is 7.51. The first-order chi connectivity index (χ1) is 14.3. The van der Waals surface area contributed by atoms with E-state index in [-0.39, 0.29) is 11.8 Å². The molecule has 7 heteroatoms. The van der Waals surface area contributed by atoms with E-state index in [9.17, 15) is 18.8 Å². The summed E-state index contributed by atoms with van der Waals surface area (Å²) in [7, 11) is 0. The van der Waals surface area contributed by atoms with Crippen LogP contribution in [0, 0.1) is 18.7 Å². The minimum Gasteiger partial charge on any atom is -0.452 e. The highest BCUT2D eigenvalue weighted by Gasteiger charge is 2.30. The number of halogens is 1. The van der Waals surface area contributed by atoms with E-state index in [0.717, 1.165) is 5.56 Å². The molecule has 1 N–H and O–H groups in total. The fourth-order valence-electron chi connectivity index (χ4n) is 3.38. The summed E-state index contributed by atoms with van der Waals surface area (Å²) in [6.45, 7) is 4.27. The smallest absolute Gasteiger partial charge is 0.309 e. The first-order valence-electron chi connectivity index (χ1n) is 9.96. The number of esters is 1. The van der Waals surface area contributed by atoms with E-state index in [4.69, 9.17) is 4.74 Å². The molecule has 0 aromatic heterocycles. The van der Waals surface area contributed by atoms with Gasteiger partial charge in [-0.05, 0) is 68.7 Å². The average molecular weight is 412 g/mol. The van der Waals surface area contributed by atoms with Crippen LogP contribution in [0.25, 0.3) is 0 Å². The monoisotopic (exact) mass is 412 g/mol. The van der Waals surface area contributed by atoms with Gasteiger partial charge in [-0.1, -0.05) is 12.1 Å². The van der Waals surface area contributed by atoms with E-state index in [2.05, 4.69) is 5.32 Å². The van der Waals surface area contributed by atoms with Crippen molar-refractivity contribution in [2.45, 2.75) is 32.8 Å². The molecule has 158 valence electrons. The summed E-state index contributed by atoms with van der Waals surface area (Å²) in [5, 5.41) is 2.74. The number of rotatable bonds is 5. The Balaban J connectivity index is 1.48. The van der Waals surface area contributed by atoms with Crippen molar-refractivity contribution in [2.24, 2.45) is 5.92 Å². The van der Waals surface area contributed by atoms with Gasteiger partial charge >= 0.3 is 5.97 Å². The molecule has 0 aliphatic carbocycles. The van der Waals surface area contributed by atoms with E-state index >= 15 is 0 Å². The normalized spacial score (nSPS) is 15.4. The zero-order valence-electron chi connectivity index (χ0n) is 17.1. The first-order valence-corrected chi connectivity index (χ1v) is 9.96. The van der Waals surface area contributed by atoms with Crippen molar-refractivity contribution in [3.8, 4) is 0 Å². The van der Waals surface area contributed by atoms with Crippen molar-refractivity contribution < 1.29 is 23.5 Å². The Hall–Kier alpha value is -3.22. The largest absolute Gasteiger partial charge is 0.452 e. The third kappa shape index (κ3) is 5.43. The molecule has 0 bridgehead atoms. The van der Waals surface area contributed by atoms with Crippen molar-refractivity contribution in [1.82, 2.24) is 4.90 Å². The van der Waals surface area contributed by atoms with Gasteiger partial charge in [-0.15, -0.1) is 0 Å². The highest BCUT2D eigenvalue weighted by molar-refractivity contribution is 5.95. The van der Waals surface area contributed by atoms with E-state index < -0.39 is 23.8 Å². The number of hydrogen-bond acceptors (Lipinski definition) is 4. The number of piperidine rings is 1. The number of nitrogens with one attached hydrogen (secondary N) is 1. The summed E-state index contributed by atoms with van der Waals surface area (Å²) in [6.07, 6.45) is -0.00687. The van der Waals surface area contributed by atoms with Crippen LogP contribution in [0.3, 0.4) is 0 Å². The van der Waals surface area contributed by atoms with Crippen LogP contribution < -0.4 is 5.32 Å². The van der Waals surface area contributed by atoms with Gasteiger partial charge in [0.05, 0.1) is 5.92 Å². The number of hydrogen-bond donors (Lipinski definition) is 1. The zero-order chi connectivity index (χ0) is 21.7. The lowest BCUT2D eigenvalue weighted by Crippen LogP contribution is -2.41. The Bertz CT molecular complexity index is 921. The minimum atomic E-state index is -0.920. The summed E-state index contributed by atoms with van der Waals surface area (Å²) in [4.78, 5) is 38.9. The third-order valence-corrected chi connectivity index (χ3v) is 5.15. The van der Waals surface area contributed by atoms with Crippen LogP contribution in [0.1, 0.15) is 35.7 Å². The van der Waals surface area contributed by atoms with Crippen LogP contribution in [0.5, 0.6) is 0 Å². The van der Waals surface area contributed by atoms with Crippen molar-refractivity contribution in [3.05, 3.63) is 65.5 Å². The van der Waals surface area contributed by atoms with Gasteiger partial charge in [0.1, 0.15) is 5.82 Å². The predicted octanol–water partition coefficient (Wildman–Crippen LogP) is 3.56. The topological polar surface area (TPSA) is 75.7 Å². The van der Waals surface area contributed by atoms with E-state index in [1.165, 1.54) is 31.2 Å². The maximum absolute atomic E-state index is 13.0. The molecule has 1 heterocycles. The van der Waals surface area contributed by atoms with Gasteiger partial charge in [0.15, 0.2) is 6.10 Å². The number of anilines is 1. The van der Waals surface area contributed by atoms with Gasteiger partial charge in [-0.2, -0.15) is 0 Å². The van der Waals surface area contributed by atoms with Crippen LogP contribution >= 0.6 is 0 Å². The molecule has 1 aliphatic rings. The molecule has 2 aromatic carbocycles. The number of nitrogens with zero attached hydrogens (tertiary/aromatic N) is 1. The molecule has 1 fully saturated rings. The van der Waals surface area contributed by atoms with Gasteiger partial charge in [0.25, 0.3) is 11.8 Å². The quantitative estimate of drug-likeness (QED) is 0.762. The van der Waals surface area contributed by atoms with Gasteiger partial charge < -0.3 is 15.0 Å². The fourth-order valence-corrected chi connectivity index (χ4v) is 3.38. The lowest BCUT2D eigenvalue weighted by Gasteiger charge is -2.31. The maximum Gasteiger partial charge on any atom is 0.309 e. The molecule has 30 heavy (non-hydrogen) atoms. The minimum absolute atomic E-state index is 0.187. The van der Waals surface area contributed by atoms with Crippen LogP contribution in [-0.4, -0.2) is 41.9 Å². The van der Waals surface area contributed by atoms with E-state index in [0.29, 0.717) is 37.2 Å². The van der Waals surface area contributed by atoms with Crippen LogP contribution in [0.15, 0.2) is 48.5 Å². The predicted molar refractivity (Wildman–Crippen MR) is 110 cm³/mol. The standard InChI is InChI=1S/C23H25FN2O4/c1-15-4-3-5-20(14-15)25-21(27)16(2)30-23(29)18-10-12-26(13-11-18)22(28)17-6-8-19(24)9-7-17/h3-9,14,16,18H,10-13H2,1-2H3,(H,25,27)/t16-/m0/s1. The average Bonchev–Trinajstić information content (AvgIpc) is 2.74. The Kier molecular flexibility index (Phi) is 6.82.